The van der Waals surface area contributed by atoms with E-state index in [9.17, 15) is 14.4 Å². The Morgan fingerprint density at radius 1 is 1.00 bits per heavy atom. The molecule has 2 atom stereocenters. The molecule has 2 heterocycles. The number of carbonyl (C=O) groups excluding carboxylic acids is 3. The summed E-state index contributed by atoms with van der Waals surface area (Å²) in [6, 6.07) is 1.68. The standard InChI is InChI=1S/C25H34N4O7/c1-8-33-23(32)34-14-16-9-10-17(13-16)28-15-27-19-18(28)11-12-26-20(19)29(21(30)35-24(2,3)4)22(31)36-25(5,6)7/h9-12,15-17H,8,13-14H2,1-7H3/t16-,17-/m1/s1. The van der Waals surface area contributed by atoms with Crippen LogP contribution >= 0.6 is 0 Å². The number of pyridine rings is 1. The molecule has 196 valence electrons. The Labute approximate surface area is 210 Å². The van der Waals surface area contributed by atoms with E-state index >= 15 is 0 Å². The number of ether oxygens (including phenoxy) is 4. The van der Waals surface area contributed by atoms with Crippen LogP contribution in [0.1, 0.15) is 60.9 Å². The summed E-state index contributed by atoms with van der Waals surface area (Å²) in [5.74, 6) is 0.0251. The van der Waals surface area contributed by atoms with Crippen molar-refractivity contribution in [2.45, 2.75) is 72.1 Å². The van der Waals surface area contributed by atoms with Crippen LogP contribution in [0.4, 0.5) is 20.2 Å². The van der Waals surface area contributed by atoms with Crippen molar-refractivity contribution in [3.8, 4) is 0 Å². The van der Waals surface area contributed by atoms with Crippen LogP contribution in [0.25, 0.3) is 11.0 Å². The first-order valence-corrected chi connectivity index (χ1v) is 11.8. The van der Waals surface area contributed by atoms with Gasteiger partial charge in [-0.1, -0.05) is 12.2 Å². The van der Waals surface area contributed by atoms with Gasteiger partial charge in [-0.3, -0.25) is 0 Å². The van der Waals surface area contributed by atoms with Gasteiger partial charge in [0.2, 0.25) is 0 Å². The zero-order chi connectivity index (χ0) is 26.7. The molecule has 2 aromatic rings. The maximum atomic E-state index is 13.1. The van der Waals surface area contributed by atoms with Crippen LogP contribution in [0.15, 0.2) is 30.7 Å². The summed E-state index contributed by atoms with van der Waals surface area (Å²) in [5, 5.41) is 0. The predicted octanol–water partition coefficient (Wildman–Crippen LogP) is 5.40. The van der Waals surface area contributed by atoms with Crippen molar-refractivity contribution in [2.24, 2.45) is 5.92 Å². The molecule has 11 heteroatoms. The minimum Gasteiger partial charge on any atom is -0.443 e. The van der Waals surface area contributed by atoms with Crippen molar-refractivity contribution in [3.05, 3.63) is 30.7 Å². The zero-order valence-electron chi connectivity index (χ0n) is 21.8. The van der Waals surface area contributed by atoms with Gasteiger partial charge in [0.15, 0.2) is 5.82 Å². The van der Waals surface area contributed by atoms with Crippen LogP contribution in [0.2, 0.25) is 0 Å². The number of imidazole rings is 1. The highest BCUT2D eigenvalue weighted by Gasteiger charge is 2.35. The Balaban J connectivity index is 1.89. The van der Waals surface area contributed by atoms with Crippen LogP contribution in [0, 0.1) is 5.92 Å². The summed E-state index contributed by atoms with van der Waals surface area (Å²) < 4.78 is 22.8. The lowest BCUT2D eigenvalue weighted by Crippen LogP contribution is -2.44. The highest BCUT2D eigenvalue weighted by Crippen LogP contribution is 2.33. The summed E-state index contributed by atoms with van der Waals surface area (Å²) in [6.45, 7) is 12.4. The third-order valence-electron chi connectivity index (χ3n) is 5.02. The lowest BCUT2D eigenvalue weighted by atomic mass is 10.1. The van der Waals surface area contributed by atoms with Gasteiger partial charge < -0.3 is 23.5 Å². The molecule has 0 fully saturated rings. The van der Waals surface area contributed by atoms with E-state index in [4.69, 9.17) is 18.9 Å². The molecule has 0 saturated heterocycles. The van der Waals surface area contributed by atoms with Crippen molar-refractivity contribution >= 4 is 35.2 Å². The van der Waals surface area contributed by atoms with Gasteiger partial charge >= 0.3 is 18.3 Å². The highest BCUT2D eigenvalue weighted by molar-refractivity contribution is 6.12. The lowest BCUT2D eigenvalue weighted by Gasteiger charge is -2.28. The molecule has 0 N–H and O–H groups in total. The maximum absolute atomic E-state index is 13.1. The average molecular weight is 503 g/mol. The normalized spacial score (nSPS) is 17.6. The van der Waals surface area contributed by atoms with Crippen LogP contribution in [-0.4, -0.2) is 57.3 Å². The van der Waals surface area contributed by atoms with Crippen LogP contribution in [0.5, 0.6) is 0 Å². The first-order chi connectivity index (χ1) is 16.8. The topological polar surface area (TPSA) is 122 Å². The molecule has 2 amide bonds. The van der Waals surface area contributed by atoms with Gasteiger partial charge in [0, 0.05) is 12.1 Å². The fourth-order valence-electron chi connectivity index (χ4n) is 3.66. The molecular formula is C25H34N4O7. The zero-order valence-corrected chi connectivity index (χ0v) is 21.8. The smallest absolute Gasteiger partial charge is 0.443 e. The first kappa shape index (κ1) is 27.0. The van der Waals surface area contributed by atoms with E-state index in [0.717, 1.165) is 4.90 Å². The summed E-state index contributed by atoms with van der Waals surface area (Å²) >= 11 is 0. The van der Waals surface area contributed by atoms with Crippen molar-refractivity contribution in [1.82, 2.24) is 14.5 Å². The fourth-order valence-corrected chi connectivity index (χ4v) is 3.66. The molecule has 0 radical (unpaired) electrons. The fraction of sp³-hybridized carbons (Fsp3) is 0.560. The van der Waals surface area contributed by atoms with E-state index in [0.29, 0.717) is 17.5 Å². The van der Waals surface area contributed by atoms with E-state index in [-0.39, 0.29) is 31.0 Å². The van der Waals surface area contributed by atoms with Gasteiger partial charge in [-0.25, -0.2) is 24.4 Å². The quantitative estimate of drug-likeness (QED) is 0.300. The molecule has 0 aromatic carbocycles. The monoisotopic (exact) mass is 502 g/mol. The number of nitrogens with zero attached hydrogens (tertiary/aromatic N) is 4. The van der Waals surface area contributed by atoms with Gasteiger partial charge in [-0.05, 0) is 61.0 Å². The number of fused-ring (bicyclic) bond motifs is 1. The van der Waals surface area contributed by atoms with Gasteiger partial charge in [-0.15, -0.1) is 0 Å². The van der Waals surface area contributed by atoms with Crippen molar-refractivity contribution in [2.75, 3.05) is 18.1 Å². The summed E-state index contributed by atoms with van der Waals surface area (Å²) in [4.78, 5) is 47.2. The van der Waals surface area contributed by atoms with E-state index < -0.39 is 29.5 Å². The predicted molar refractivity (Wildman–Crippen MR) is 132 cm³/mol. The molecule has 1 aliphatic carbocycles. The van der Waals surface area contributed by atoms with Gasteiger partial charge in [0.1, 0.15) is 23.3 Å². The van der Waals surface area contributed by atoms with Crippen LogP contribution in [-0.2, 0) is 18.9 Å². The molecule has 11 nitrogen and oxygen atoms in total. The highest BCUT2D eigenvalue weighted by atomic mass is 16.7. The van der Waals surface area contributed by atoms with Gasteiger partial charge in [0.25, 0.3) is 0 Å². The molecule has 0 bridgehead atoms. The number of hydrogen-bond acceptors (Lipinski definition) is 9. The van der Waals surface area contributed by atoms with E-state index in [1.807, 2.05) is 16.7 Å². The molecule has 3 rings (SSSR count). The largest absolute Gasteiger partial charge is 0.508 e. The Hall–Kier alpha value is -3.63. The Bertz CT molecular complexity index is 1120. The van der Waals surface area contributed by atoms with Crippen molar-refractivity contribution in [3.63, 3.8) is 0 Å². The number of allylic oxidation sites excluding steroid dienone is 1. The molecule has 2 aromatic heterocycles. The second kappa shape index (κ2) is 10.5. The number of rotatable bonds is 5. The second-order valence-corrected chi connectivity index (χ2v) is 10.4. The van der Waals surface area contributed by atoms with Crippen molar-refractivity contribution in [1.29, 1.82) is 0 Å². The number of anilines is 1. The molecule has 1 aliphatic rings. The summed E-state index contributed by atoms with van der Waals surface area (Å²) in [5.41, 5.74) is -0.688. The first-order valence-electron chi connectivity index (χ1n) is 11.8. The van der Waals surface area contributed by atoms with Crippen LogP contribution in [0.3, 0.4) is 0 Å². The lowest BCUT2D eigenvalue weighted by molar-refractivity contribution is 0.0427. The molecule has 0 saturated carbocycles. The Morgan fingerprint density at radius 2 is 1.64 bits per heavy atom. The third kappa shape index (κ3) is 6.73. The van der Waals surface area contributed by atoms with Crippen molar-refractivity contribution < 1.29 is 33.3 Å². The SMILES string of the molecule is CCOC(=O)OC[C@@H]1C=C[C@@H](n2cnc3c(N(C(=O)OC(C)(C)C)C(=O)OC(C)(C)C)nccc32)C1. The summed E-state index contributed by atoms with van der Waals surface area (Å²) in [7, 11) is 0. The number of hydrogen-bond donors (Lipinski definition) is 0. The summed E-state index contributed by atoms with van der Waals surface area (Å²) in [6.07, 6.45) is 5.25. The van der Waals surface area contributed by atoms with E-state index in [2.05, 4.69) is 9.97 Å². The molecule has 0 unspecified atom stereocenters. The van der Waals surface area contributed by atoms with Gasteiger partial charge in [-0.2, -0.15) is 4.90 Å². The van der Waals surface area contributed by atoms with Crippen LogP contribution < -0.4 is 4.90 Å². The minimum atomic E-state index is -0.914. The second-order valence-electron chi connectivity index (χ2n) is 10.4. The molecule has 36 heavy (non-hydrogen) atoms. The Morgan fingerprint density at radius 3 is 2.22 bits per heavy atom. The van der Waals surface area contributed by atoms with Gasteiger partial charge in [0.05, 0.1) is 24.5 Å². The number of aromatic nitrogens is 3. The number of amides is 2. The van der Waals surface area contributed by atoms with E-state index in [1.54, 1.807) is 60.9 Å². The average Bonchev–Trinajstić information content (AvgIpc) is 3.37. The third-order valence-corrected chi connectivity index (χ3v) is 5.02. The number of imide groups is 1. The minimum absolute atomic E-state index is 0.0122. The number of carbonyl (C=O) groups is 3. The molecule has 0 aliphatic heterocycles. The Kier molecular flexibility index (Phi) is 7.90. The molecule has 0 spiro atoms. The van der Waals surface area contributed by atoms with E-state index in [1.165, 1.54) is 6.20 Å². The molecular weight excluding hydrogens is 468 g/mol. The maximum Gasteiger partial charge on any atom is 0.508 e.